The third kappa shape index (κ3) is 3.67. The van der Waals surface area contributed by atoms with Crippen LogP contribution in [0.2, 0.25) is 0 Å². The van der Waals surface area contributed by atoms with Crippen LogP contribution in [0, 0.1) is 19.7 Å². The van der Waals surface area contributed by atoms with Gasteiger partial charge in [0.2, 0.25) is 0 Å². The monoisotopic (exact) mass is 317 g/mol. The van der Waals surface area contributed by atoms with Gasteiger partial charge in [-0.15, -0.1) is 0 Å². The minimum absolute atomic E-state index is 0.264. The van der Waals surface area contributed by atoms with Crippen molar-refractivity contribution >= 4 is 12.3 Å². The highest BCUT2D eigenvalue weighted by Gasteiger charge is 2.18. The van der Waals surface area contributed by atoms with Crippen LogP contribution in [-0.4, -0.2) is 23.9 Å². The summed E-state index contributed by atoms with van der Waals surface area (Å²) < 4.78 is 19.9. The predicted molar refractivity (Wildman–Crippen MR) is 85.1 cm³/mol. The molecule has 2 aromatic rings. The fraction of sp³-hybridized carbons (Fsp3) is 0.333. The SMILES string of the molecule is COC(=O)CCc1c(C)c(C=O)n(Cc2cccc(F)c2)c1C. The van der Waals surface area contributed by atoms with Gasteiger partial charge in [-0.2, -0.15) is 0 Å². The summed E-state index contributed by atoms with van der Waals surface area (Å²) in [6, 6.07) is 6.31. The largest absolute Gasteiger partial charge is 0.469 e. The maximum Gasteiger partial charge on any atom is 0.305 e. The van der Waals surface area contributed by atoms with E-state index in [-0.39, 0.29) is 18.2 Å². The van der Waals surface area contributed by atoms with Gasteiger partial charge in [-0.25, -0.2) is 4.39 Å². The summed E-state index contributed by atoms with van der Waals surface area (Å²) in [4.78, 5) is 22.8. The maximum absolute atomic E-state index is 13.4. The average molecular weight is 317 g/mol. The van der Waals surface area contributed by atoms with E-state index in [1.165, 1.54) is 19.2 Å². The summed E-state index contributed by atoms with van der Waals surface area (Å²) in [5.74, 6) is -0.586. The standard InChI is InChI=1S/C18H20FNO3/c1-12-16(7-8-18(22)23-3)13(2)20(17(12)11-21)10-14-5-4-6-15(19)9-14/h4-6,9,11H,7-8,10H2,1-3H3. The van der Waals surface area contributed by atoms with Crippen LogP contribution in [0.25, 0.3) is 0 Å². The molecular weight excluding hydrogens is 297 g/mol. The fourth-order valence-corrected chi connectivity index (χ4v) is 2.84. The number of nitrogens with zero attached hydrogens (tertiary/aromatic N) is 1. The number of halogens is 1. The van der Waals surface area contributed by atoms with E-state index in [0.29, 0.717) is 18.7 Å². The molecule has 0 saturated heterocycles. The Hall–Kier alpha value is -2.43. The van der Waals surface area contributed by atoms with Crippen LogP contribution in [-0.2, 0) is 22.5 Å². The van der Waals surface area contributed by atoms with Crippen molar-refractivity contribution in [3.05, 3.63) is 58.2 Å². The van der Waals surface area contributed by atoms with Crippen molar-refractivity contribution in [2.24, 2.45) is 0 Å². The van der Waals surface area contributed by atoms with Crippen molar-refractivity contribution in [2.75, 3.05) is 7.11 Å². The molecule has 4 nitrogen and oxygen atoms in total. The second kappa shape index (κ2) is 7.22. The lowest BCUT2D eigenvalue weighted by Crippen LogP contribution is -2.07. The Morgan fingerprint density at radius 1 is 1.35 bits per heavy atom. The number of methoxy groups -OCH3 is 1. The highest BCUT2D eigenvalue weighted by Crippen LogP contribution is 2.24. The van der Waals surface area contributed by atoms with Gasteiger partial charge in [0.1, 0.15) is 5.82 Å². The zero-order valence-corrected chi connectivity index (χ0v) is 13.6. The van der Waals surface area contributed by atoms with E-state index in [1.807, 2.05) is 24.5 Å². The number of rotatable bonds is 6. The Morgan fingerprint density at radius 3 is 2.70 bits per heavy atom. The van der Waals surface area contributed by atoms with Crippen molar-refractivity contribution in [1.29, 1.82) is 0 Å². The molecule has 0 N–H and O–H groups in total. The first-order valence-corrected chi connectivity index (χ1v) is 7.43. The molecule has 2 rings (SSSR count). The smallest absolute Gasteiger partial charge is 0.305 e. The van der Waals surface area contributed by atoms with Crippen molar-refractivity contribution in [3.63, 3.8) is 0 Å². The number of aldehydes is 1. The van der Waals surface area contributed by atoms with Crippen molar-refractivity contribution < 1.29 is 18.7 Å². The van der Waals surface area contributed by atoms with E-state index in [2.05, 4.69) is 4.74 Å². The Labute approximate surface area is 134 Å². The number of benzene rings is 1. The van der Waals surface area contributed by atoms with Gasteiger partial charge in [-0.1, -0.05) is 12.1 Å². The van der Waals surface area contributed by atoms with E-state index in [4.69, 9.17) is 0 Å². The van der Waals surface area contributed by atoms with Gasteiger partial charge in [-0.05, 0) is 49.1 Å². The molecule has 5 heteroatoms. The van der Waals surface area contributed by atoms with E-state index < -0.39 is 0 Å². The number of carbonyl (C=O) groups excluding carboxylic acids is 2. The highest BCUT2D eigenvalue weighted by molar-refractivity contribution is 5.77. The minimum atomic E-state index is -0.303. The molecule has 0 amide bonds. The Bertz CT molecular complexity index is 734. The molecule has 0 atom stereocenters. The average Bonchev–Trinajstić information content (AvgIpc) is 2.75. The van der Waals surface area contributed by atoms with E-state index in [1.54, 1.807) is 6.07 Å². The number of esters is 1. The van der Waals surface area contributed by atoms with Gasteiger partial charge < -0.3 is 9.30 Å². The van der Waals surface area contributed by atoms with Crippen LogP contribution < -0.4 is 0 Å². The molecular formula is C18H20FNO3. The molecule has 0 aliphatic heterocycles. The van der Waals surface area contributed by atoms with Crippen molar-refractivity contribution in [3.8, 4) is 0 Å². The van der Waals surface area contributed by atoms with E-state index in [0.717, 1.165) is 28.7 Å². The highest BCUT2D eigenvalue weighted by atomic mass is 19.1. The zero-order valence-electron chi connectivity index (χ0n) is 13.6. The topological polar surface area (TPSA) is 48.3 Å². The maximum atomic E-state index is 13.4. The molecule has 0 unspecified atom stereocenters. The van der Waals surface area contributed by atoms with E-state index >= 15 is 0 Å². The normalized spacial score (nSPS) is 10.6. The summed E-state index contributed by atoms with van der Waals surface area (Å²) in [5.41, 5.74) is 4.09. The third-order valence-corrected chi connectivity index (χ3v) is 4.12. The van der Waals surface area contributed by atoms with Crippen LogP contribution in [0.1, 0.15) is 39.3 Å². The van der Waals surface area contributed by atoms with Crippen molar-refractivity contribution in [2.45, 2.75) is 33.2 Å². The molecule has 0 aliphatic carbocycles. The quantitative estimate of drug-likeness (QED) is 0.607. The number of hydrogen-bond acceptors (Lipinski definition) is 3. The predicted octanol–water partition coefficient (Wildman–Crippen LogP) is 3.21. The molecule has 0 spiro atoms. The second-order valence-corrected chi connectivity index (χ2v) is 5.48. The first-order valence-electron chi connectivity index (χ1n) is 7.43. The first-order chi connectivity index (χ1) is 11.0. The van der Waals surface area contributed by atoms with E-state index in [9.17, 15) is 14.0 Å². The minimum Gasteiger partial charge on any atom is -0.469 e. The third-order valence-electron chi connectivity index (χ3n) is 4.12. The molecule has 0 saturated carbocycles. The molecule has 0 fully saturated rings. The number of carbonyl (C=O) groups is 2. The molecule has 1 heterocycles. The fourth-order valence-electron chi connectivity index (χ4n) is 2.84. The molecule has 122 valence electrons. The summed E-state index contributed by atoms with van der Waals surface area (Å²) >= 11 is 0. The van der Waals surface area contributed by atoms with Crippen LogP contribution in [0.5, 0.6) is 0 Å². The summed E-state index contributed by atoms with van der Waals surface area (Å²) in [6.45, 7) is 4.19. The van der Waals surface area contributed by atoms with Crippen LogP contribution in [0.15, 0.2) is 24.3 Å². The molecule has 1 aromatic carbocycles. The lowest BCUT2D eigenvalue weighted by molar-refractivity contribution is -0.140. The Kier molecular flexibility index (Phi) is 5.32. The van der Waals surface area contributed by atoms with Crippen LogP contribution in [0.3, 0.4) is 0 Å². The molecule has 23 heavy (non-hydrogen) atoms. The number of hydrogen-bond donors (Lipinski definition) is 0. The molecule has 0 bridgehead atoms. The Balaban J connectivity index is 2.35. The first kappa shape index (κ1) is 16.9. The number of ether oxygens (including phenoxy) is 1. The summed E-state index contributed by atoms with van der Waals surface area (Å²) in [5, 5.41) is 0. The van der Waals surface area contributed by atoms with Gasteiger partial charge in [0, 0.05) is 18.7 Å². The summed E-state index contributed by atoms with van der Waals surface area (Å²) in [6.07, 6.45) is 1.59. The summed E-state index contributed by atoms with van der Waals surface area (Å²) in [7, 11) is 1.36. The van der Waals surface area contributed by atoms with Gasteiger partial charge >= 0.3 is 5.97 Å². The van der Waals surface area contributed by atoms with Crippen LogP contribution >= 0.6 is 0 Å². The lowest BCUT2D eigenvalue weighted by atomic mass is 10.1. The molecule has 0 radical (unpaired) electrons. The van der Waals surface area contributed by atoms with Gasteiger partial charge in [0.25, 0.3) is 0 Å². The second-order valence-electron chi connectivity index (χ2n) is 5.48. The van der Waals surface area contributed by atoms with Crippen molar-refractivity contribution in [1.82, 2.24) is 4.57 Å². The Morgan fingerprint density at radius 2 is 2.09 bits per heavy atom. The molecule has 0 aliphatic rings. The van der Waals surface area contributed by atoms with Gasteiger partial charge in [-0.3, -0.25) is 9.59 Å². The number of aromatic nitrogens is 1. The van der Waals surface area contributed by atoms with Gasteiger partial charge in [0.15, 0.2) is 6.29 Å². The lowest BCUT2D eigenvalue weighted by Gasteiger charge is -2.10. The van der Waals surface area contributed by atoms with Crippen LogP contribution in [0.4, 0.5) is 4.39 Å². The zero-order chi connectivity index (χ0) is 17.0. The molecule has 1 aromatic heterocycles. The van der Waals surface area contributed by atoms with Gasteiger partial charge in [0.05, 0.1) is 12.8 Å².